The van der Waals surface area contributed by atoms with E-state index in [1.165, 1.54) is 49.8 Å². The van der Waals surface area contributed by atoms with Crippen LogP contribution in [0.1, 0.15) is 71.1 Å². The normalized spacial score (nSPS) is 14.7. The minimum Gasteiger partial charge on any atom is -0.455 e. The minimum atomic E-state index is -0.0553. The van der Waals surface area contributed by atoms with E-state index in [9.17, 15) is 0 Å². The number of hydrogen-bond acceptors (Lipinski definition) is 1. The lowest BCUT2D eigenvalue weighted by molar-refractivity contribution is -0.660. The van der Waals surface area contributed by atoms with Crippen LogP contribution in [0.4, 0.5) is 0 Å². The van der Waals surface area contributed by atoms with Gasteiger partial charge in [-0.1, -0.05) is 77.9 Å². The molecule has 2 aromatic heterocycles. The molecule has 5 aromatic rings. The van der Waals surface area contributed by atoms with E-state index in [-0.39, 0.29) is 16.2 Å². The highest BCUT2D eigenvalue weighted by atomic mass is 16.3. The van der Waals surface area contributed by atoms with Crippen LogP contribution in [0.15, 0.2) is 77.3 Å². The predicted molar refractivity (Wildman–Crippen MR) is 159 cm³/mol. The van der Waals surface area contributed by atoms with E-state index in [0.717, 1.165) is 24.0 Å². The fourth-order valence-corrected chi connectivity index (χ4v) is 7.24. The molecule has 0 unspecified atom stereocenters. The number of pyridine rings is 1. The van der Waals surface area contributed by atoms with Crippen molar-refractivity contribution in [3.63, 3.8) is 0 Å². The van der Waals surface area contributed by atoms with Crippen molar-refractivity contribution in [2.45, 2.75) is 66.7 Å². The van der Waals surface area contributed by atoms with Crippen molar-refractivity contribution in [2.24, 2.45) is 17.9 Å². The van der Waals surface area contributed by atoms with Gasteiger partial charge in [0.1, 0.15) is 18.2 Å². The highest BCUT2D eigenvalue weighted by Gasteiger charge is 2.47. The summed E-state index contributed by atoms with van der Waals surface area (Å²) in [7, 11) is 2.11. The van der Waals surface area contributed by atoms with Gasteiger partial charge in [0.2, 0.25) is 5.69 Å². The quantitative estimate of drug-likeness (QED) is 0.224. The molecule has 2 nitrogen and oxygen atoms in total. The average Bonchev–Trinajstić information content (AvgIpc) is 3.30. The third-order valence-electron chi connectivity index (χ3n) is 8.21. The minimum absolute atomic E-state index is 0.0553. The van der Waals surface area contributed by atoms with Crippen LogP contribution in [0.25, 0.3) is 44.3 Å². The van der Waals surface area contributed by atoms with Crippen molar-refractivity contribution in [3.8, 4) is 22.4 Å². The maximum absolute atomic E-state index is 6.84. The maximum Gasteiger partial charge on any atom is 0.216 e. The number of fused-ring (bicyclic) bond motifs is 6. The predicted octanol–water partition coefficient (Wildman–Crippen LogP) is 9.52. The van der Waals surface area contributed by atoms with Gasteiger partial charge in [-0.2, -0.15) is 0 Å². The molecule has 0 saturated carbocycles. The number of rotatable bonds is 3. The molecule has 1 aliphatic carbocycles. The van der Waals surface area contributed by atoms with Gasteiger partial charge >= 0.3 is 0 Å². The molecule has 0 radical (unpaired) electrons. The zero-order valence-corrected chi connectivity index (χ0v) is 24.2. The molecule has 2 heterocycles. The summed E-state index contributed by atoms with van der Waals surface area (Å²) in [6.07, 6.45) is 4.30. The summed E-state index contributed by atoms with van der Waals surface area (Å²) in [5.74, 6) is 0. The molecule has 0 spiro atoms. The van der Waals surface area contributed by atoms with Gasteiger partial charge in [0.25, 0.3) is 0 Å². The summed E-state index contributed by atoms with van der Waals surface area (Å²) < 4.78 is 9.02. The zero-order valence-electron chi connectivity index (χ0n) is 24.2. The van der Waals surface area contributed by atoms with E-state index in [1.54, 1.807) is 0 Å². The third kappa shape index (κ3) is 3.88. The fourth-order valence-electron chi connectivity index (χ4n) is 7.24. The van der Waals surface area contributed by atoms with Crippen LogP contribution in [0.5, 0.6) is 0 Å². The van der Waals surface area contributed by atoms with Gasteiger partial charge in [-0.15, -0.1) is 0 Å². The zero-order chi connectivity index (χ0) is 27.0. The summed E-state index contributed by atoms with van der Waals surface area (Å²) in [6.45, 7) is 16.5. The van der Waals surface area contributed by atoms with E-state index in [0.29, 0.717) is 0 Å². The first-order valence-corrected chi connectivity index (χ1v) is 13.9. The summed E-state index contributed by atoms with van der Waals surface area (Å²) >= 11 is 0. The van der Waals surface area contributed by atoms with Crippen LogP contribution in [-0.2, 0) is 12.5 Å². The molecule has 0 saturated heterocycles. The van der Waals surface area contributed by atoms with Gasteiger partial charge < -0.3 is 4.42 Å². The summed E-state index contributed by atoms with van der Waals surface area (Å²) in [5.41, 5.74) is 11.5. The van der Waals surface area contributed by atoms with Crippen LogP contribution >= 0.6 is 0 Å². The Hall–Kier alpha value is -3.39. The van der Waals surface area contributed by atoms with E-state index in [2.05, 4.69) is 133 Å². The molecule has 0 atom stereocenters. The first kappa shape index (κ1) is 24.9. The molecule has 3 aromatic carbocycles. The lowest BCUT2D eigenvalue weighted by Crippen LogP contribution is -2.35. The van der Waals surface area contributed by atoms with Crippen molar-refractivity contribution in [3.05, 3.63) is 89.6 Å². The largest absolute Gasteiger partial charge is 0.455 e. The van der Waals surface area contributed by atoms with Gasteiger partial charge in [0, 0.05) is 28.3 Å². The SMILES string of the molecule is Cc1ccc2c(oc3cc4c(cc32)-c2ccccc2C4(CC(C)(C)C)CC(C)(C)C)c1-c1cccc[n+]1C. The average molecular weight is 503 g/mol. The van der Waals surface area contributed by atoms with Crippen molar-refractivity contribution in [1.82, 2.24) is 0 Å². The maximum atomic E-state index is 6.84. The lowest BCUT2D eigenvalue weighted by atomic mass is 9.62. The third-order valence-corrected chi connectivity index (χ3v) is 8.21. The molecule has 0 amide bonds. The van der Waals surface area contributed by atoms with Crippen LogP contribution in [-0.4, -0.2) is 0 Å². The smallest absolute Gasteiger partial charge is 0.216 e. The number of aryl methyl sites for hydroxylation is 2. The molecule has 1 aliphatic rings. The number of nitrogens with zero attached hydrogens (tertiary/aromatic N) is 1. The highest BCUT2D eigenvalue weighted by Crippen LogP contribution is 2.59. The van der Waals surface area contributed by atoms with Crippen molar-refractivity contribution in [2.75, 3.05) is 0 Å². The highest BCUT2D eigenvalue weighted by molar-refractivity contribution is 6.11. The van der Waals surface area contributed by atoms with E-state index in [4.69, 9.17) is 4.42 Å². The van der Waals surface area contributed by atoms with Gasteiger partial charge in [-0.25, -0.2) is 4.57 Å². The topological polar surface area (TPSA) is 17.0 Å². The van der Waals surface area contributed by atoms with Gasteiger partial charge in [0.15, 0.2) is 6.20 Å². The van der Waals surface area contributed by atoms with Crippen LogP contribution < -0.4 is 4.57 Å². The standard InChI is InChI=1S/C36H40NO/c1-23-16-17-25-27-19-26-24-13-9-10-14-28(24)36(21-34(2,3)4,22-35(5,6)7)29(26)20-31(27)38-33(25)32(23)30-15-11-12-18-37(30)8/h9-20H,21-22H2,1-8H3/q+1. The second kappa shape index (κ2) is 8.30. The molecule has 194 valence electrons. The summed E-state index contributed by atoms with van der Waals surface area (Å²) in [4.78, 5) is 0. The fraction of sp³-hybridized carbons (Fsp3) is 0.361. The molecular weight excluding hydrogens is 462 g/mol. The first-order chi connectivity index (χ1) is 17.9. The summed E-state index contributed by atoms with van der Waals surface area (Å²) in [6, 6.07) is 24.8. The second-order valence-corrected chi connectivity index (χ2v) is 13.9. The van der Waals surface area contributed by atoms with Crippen LogP contribution in [0.2, 0.25) is 0 Å². The Kier molecular flexibility index (Phi) is 5.44. The van der Waals surface area contributed by atoms with Gasteiger partial charge in [0.05, 0.1) is 5.56 Å². The van der Waals surface area contributed by atoms with Crippen molar-refractivity contribution < 1.29 is 8.98 Å². The Bertz CT molecular complexity index is 1690. The Balaban J connectivity index is 1.69. The molecule has 0 N–H and O–H groups in total. The number of furan rings is 1. The summed E-state index contributed by atoms with van der Waals surface area (Å²) in [5, 5.41) is 2.39. The first-order valence-electron chi connectivity index (χ1n) is 13.9. The molecule has 2 heteroatoms. The van der Waals surface area contributed by atoms with E-state index < -0.39 is 0 Å². The Morgan fingerprint density at radius 3 is 2.11 bits per heavy atom. The molecule has 0 fully saturated rings. The van der Waals surface area contributed by atoms with Crippen LogP contribution in [0, 0.1) is 17.8 Å². The van der Waals surface area contributed by atoms with Crippen molar-refractivity contribution in [1.29, 1.82) is 0 Å². The van der Waals surface area contributed by atoms with E-state index in [1.807, 2.05) is 0 Å². The molecule has 0 bridgehead atoms. The second-order valence-electron chi connectivity index (χ2n) is 13.9. The Labute approximate surface area is 227 Å². The molecule has 6 rings (SSSR count). The number of benzene rings is 3. The van der Waals surface area contributed by atoms with E-state index >= 15 is 0 Å². The molecule has 0 aliphatic heterocycles. The lowest BCUT2D eigenvalue weighted by Gasteiger charge is -2.42. The Morgan fingerprint density at radius 1 is 0.737 bits per heavy atom. The number of aromatic nitrogens is 1. The monoisotopic (exact) mass is 502 g/mol. The molecular formula is C36H40NO+. The van der Waals surface area contributed by atoms with Gasteiger partial charge in [-0.3, -0.25) is 0 Å². The van der Waals surface area contributed by atoms with Crippen LogP contribution in [0.3, 0.4) is 0 Å². The van der Waals surface area contributed by atoms with Crippen molar-refractivity contribution >= 4 is 21.9 Å². The number of hydrogen-bond donors (Lipinski definition) is 0. The molecule has 38 heavy (non-hydrogen) atoms. The van der Waals surface area contributed by atoms with Gasteiger partial charge in [-0.05, 0) is 76.6 Å². The Morgan fingerprint density at radius 2 is 1.42 bits per heavy atom.